The minimum absolute atomic E-state index is 0.276. The van der Waals surface area contributed by atoms with Gasteiger partial charge in [0.2, 0.25) is 5.24 Å². The van der Waals surface area contributed by atoms with Crippen molar-refractivity contribution in [3.8, 4) is 11.5 Å². The number of hydrogen-bond acceptors (Lipinski definition) is 3. The smallest absolute Gasteiger partial charge is 0.245 e. The lowest BCUT2D eigenvalue weighted by Crippen LogP contribution is -2.00. The lowest BCUT2D eigenvalue weighted by Gasteiger charge is -2.14. The predicted octanol–water partition coefficient (Wildman–Crippen LogP) is 5.96. The molecule has 0 amide bonds. The van der Waals surface area contributed by atoms with Crippen LogP contribution in [0.3, 0.4) is 0 Å². The Kier molecular flexibility index (Phi) is 7.22. The molecule has 7 heteroatoms. The second-order valence-electron chi connectivity index (χ2n) is 4.70. The average molecular weight is 498 g/mol. The molecule has 2 rings (SSSR count). The fourth-order valence-corrected chi connectivity index (χ4v) is 3.23. The fraction of sp³-hybridized carbons (Fsp3) is 0.118. The van der Waals surface area contributed by atoms with Crippen molar-refractivity contribution in [2.45, 2.75) is 6.61 Å². The van der Waals surface area contributed by atoms with E-state index in [4.69, 9.17) is 44.3 Å². The van der Waals surface area contributed by atoms with E-state index in [2.05, 4.69) is 22.6 Å². The summed E-state index contributed by atoms with van der Waals surface area (Å²) in [6.45, 7) is 0.276. The zero-order chi connectivity index (χ0) is 17.7. The molecule has 0 aliphatic carbocycles. The molecule has 0 unspecified atom stereocenters. The molecule has 0 N–H and O–H groups in total. The van der Waals surface area contributed by atoms with Crippen molar-refractivity contribution >= 4 is 68.7 Å². The Bertz CT molecular complexity index is 791. The highest BCUT2D eigenvalue weighted by Gasteiger charge is 2.12. The molecule has 0 fully saturated rings. The Morgan fingerprint density at radius 2 is 2.00 bits per heavy atom. The van der Waals surface area contributed by atoms with E-state index >= 15 is 0 Å². The Hall–Kier alpha value is -0.950. The molecule has 0 saturated heterocycles. The second kappa shape index (κ2) is 8.94. The van der Waals surface area contributed by atoms with E-state index in [9.17, 15) is 4.79 Å². The summed E-state index contributed by atoms with van der Waals surface area (Å²) in [4.78, 5) is 10.8. The van der Waals surface area contributed by atoms with Crippen LogP contribution in [0.2, 0.25) is 10.0 Å². The van der Waals surface area contributed by atoms with E-state index in [1.807, 2.05) is 12.1 Å². The quantitative estimate of drug-likeness (QED) is 0.281. The van der Waals surface area contributed by atoms with Gasteiger partial charge in [0.1, 0.15) is 6.61 Å². The molecular formula is C17H12Cl3IO3. The van der Waals surface area contributed by atoms with Gasteiger partial charge in [0.25, 0.3) is 0 Å². The van der Waals surface area contributed by atoms with Gasteiger partial charge in [-0.15, -0.1) is 0 Å². The first-order chi connectivity index (χ1) is 11.4. The third kappa shape index (κ3) is 5.28. The molecule has 0 aromatic heterocycles. The number of halogens is 4. The van der Waals surface area contributed by atoms with Gasteiger partial charge in [0, 0.05) is 15.6 Å². The van der Waals surface area contributed by atoms with Gasteiger partial charge in [-0.1, -0.05) is 29.3 Å². The standard InChI is InChI=1S/C17H12Cl3IO3/c1-23-15-7-10(2-5-16(20)22)6-14(21)17(15)24-9-11-3-4-12(18)8-13(11)19/h2-8H,9H2,1H3/b5-2+. The SMILES string of the molecule is COc1cc(/C=C/C(=O)Cl)cc(I)c1OCc1ccc(Cl)cc1Cl. The summed E-state index contributed by atoms with van der Waals surface area (Å²) in [6, 6.07) is 8.86. The first-order valence-electron chi connectivity index (χ1n) is 6.72. The summed E-state index contributed by atoms with van der Waals surface area (Å²) < 4.78 is 12.1. The molecule has 0 aliphatic heterocycles. The first kappa shape index (κ1) is 19.4. The summed E-state index contributed by atoms with van der Waals surface area (Å²) in [7, 11) is 1.55. The topological polar surface area (TPSA) is 35.5 Å². The summed E-state index contributed by atoms with van der Waals surface area (Å²) in [6.07, 6.45) is 2.89. The maximum atomic E-state index is 10.8. The van der Waals surface area contributed by atoms with Crippen molar-refractivity contribution < 1.29 is 14.3 Å². The number of hydrogen-bond donors (Lipinski definition) is 0. The number of benzene rings is 2. The Labute approximate surface area is 168 Å². The van der Waals surface area contributed by atoms with Gasteiger partial charge in [-0.2, -0.15) is 0 Å². The predicted molar refractivity (Wildman–Crippen MR) is 106 cm³/mol. The van der Waals surface area contributed by atoms with Crippen molar-refractivity contribution in [2.24, 2.45) is 0 Å². The molecule has 0 saturated carbocycles. The number of carbonyl (C=O) groups is 1. The molecule has 0 bridgehead atoms. The zero-order valence-electron chi connectivity index (χ0n) is 12.5. The minimum Gasteiger partial charge on any atom is -0.493 e. The molecule has 0 atom stereocenters. The first-order valence-corrected chi connectivity index (χ1v) is 8.93. The van der Waals surface area contributed by atoms with Crippen LogP contribution in [0.15, 0.2) is 36.4 Å². The van der Waals surface area contributed by atoms with Crippen LogP contribution in [0.1, 0.15) is 11.1 Å². The number of carbonyl (C=O) groups excluding carboxylic acids is 1. The Morgan fingerprint density at radius 3 is 2.62 bits per heavy atom. The number of ether oxygens (including phenoxy) is 2. The van der Waals surface area contributed by atoms with Crippen molar-refractivity contribution in [1.82, 2.24) is 0 Å². The van der Waals surface area contributed by atoms with Gasteiger partial charge in [-0.25, -0.2) is 0 Å². The summed E-state index contributed by atoms with van der Waals surface area (Å²) in [5.74, 6) is 1.15. The second-order valence-corrected chi connectivity index (χ2v) is 7.07. The number of methoxy groups -OCH3 is 1. The summed E-state index contributed by atoms with van der Waals surface area (Å²) >= 11 is 19.5. The van der Waals surface area contributed by atoms with Crippen molar-refractivity contribution in [2.75, 3.05) is 7.11 Å². The highest BCUT2D eigenvalue weighted by molar-refractivity contribution is 14.1. The Morgan fingerprint density at radius 1 is 1.25 bits per heavy atom. The van der Waals surface area contributed by atoms with Gasteiger partial charge in [-0.3, -0.25) is 4.79 Å². The average Bonchev–Trinajstić information content (AvgIpc) is 2.52. The van der Waals surface area contributed by atoms with E-state index < -0.39 is 5.24 Å². The molecule has 0 radical (unpaired) electrons. The van der Waals surface area contributed by atoms with Crippen LogP contribution < -0.4 is 9.47 Å². The third-order valence-electron chi connectivity index (χ3n) is 3.05. The van der Waals surface area contributed by atoms with Crippen molar-refractivity contribution in [1.29, 1.82) is 0 Å². The van der Waals surface area contributed by atoms with E-state index in [1.54, 1.807) is 31.4 Å². The molecule has 2 aromatic carbocycles. The van der Waals surface area contributed by atoms with Gasteiger partial charge >= 0.3 is 0 Å². The van der Waals surface area contributed by atoms with Crippen LogP contribution in [0.25, 0.3) is 6.08 Å². The van der Waals surface area contributed by atoms with Crippen LogP contribution in [-0.4, -0.2) is 12.4 Å². The summed E-state index contributed by atoms with van der Waals surface area (Å²) in [5.41, 5.74) is 1.60. The monoisotopic (exact) mass is 496 g/mol. The van der Waals surface area contributed by atoms with Crippen LogP contribution in [0, 0.1) is 3.57 Å². The lowest BCUT2D eigenvalue weighted by atomic mass is 10.2. The maximum absolute atomic E-state index is 10.8. The van der Waals surface area contributed by atoms with E-state index in [1.165, 1.54) is 6.08 Å². The van der Waals surface area contributed by atoms with Crippen LogP contribution in [0.4, 0.5) is 0 Å². The highest BCUT2D eigenvalue weighted by atomic mass is 127. The van der Waals surface area contributed by atoms with Gasteiger partial charge < -0.3 is 9.47 Å². The molecule has 0 aliphatic rings. The van der Waals surface area contributed by atoms with Crippen molar-refractivity contribution in [3.05, 3.63) is 61.2 Å². The van der Waals surface area contributed by atoms with Crippen LogP contribution in [-0.2, 0) is 11.4 Å². The molecule has 0 spiro atoms. The zero-order valence-corrected chi connectivity index (χ0v) is 16.9. The highest BCUT2D eigenvalue weighted by Crippen LogP contribution is 2.35. The fourth-order valence-electron chi connectivity index (χ4n) is 1.93. The molecule has 0 heterocycles. The normalized spacial score (nSPS) is 10.9. The van der Waals surface area contributed by atoms with E-state index in [0.29, 0.717) is 21.5 Å². The van der Waals surface area contributed by atoms with Gasteiger partial charge in [0.05, 0.1) is 10.7 Å². The largest absolute Gasteiger partial charge is 0.493 e. The number of rotatable bonds is 6. The molecule has 126 valence electrons. The lowest BCUT2D eigenvalue weighted by molar-refractivity contribution is -0.107. The van der Waals surface area contributed by atoms with Crippen LogP contribution in [0.5, 0.6) is 11.5 Å². The van der Waals surface area contributed by atoms with Gasteiger partial charge in [-0.05, 0) is 76.2 Å². The number of allylic oxidation sites excluding steroid dienone is 1. The summed E-state index contributed by atoms with van der Waals surface area (Å²) in [5, 5.41) is 0.569. The molecule has 24 heavy (non-hydrogen) atoms. The van der Waals surface area contributed by atoms with Crippen molar-refractivity contribution in [3.63, 3.8) is 0 Å². The van der Waals surface area contributed by atoms with Gasteiger partial charge in [0.15, 0.2) is 11.5 Å². The third-order valence-corrected chi connectivity index (χ3v) is 4.56. The van der Waals surface area contributed by atoms with E-state index in [-0.39, 0.29) is 6.61 Å². The minimum atomic E-state index is -0.540. The maximum Gasteiger partial charge on any atom is 0.245 e. The molecule has 2 aromatic rings. The molecule has 3 nitrogen and oxygen atoms in total. The molecular weight excluding hydrogens is 485 g/mol. The Balaban J connectivity index is 2.24. The van der Waals surface area contributed by atoms with E-state index in [0.717, 1.165) is 14.7 Å². The van der Waals surface area contributed by atoms with Crippen LogP contribution >= 0.6 is 57.4 Å².